The van der Waals surface area contributed by atoms with Crippen LogP contribution in [0.25, 0.3) is 17.2 Å². The molecule has 1 aliphatic heterocycles. The molecule has 19 heteroatoms. The Balaban J connectivity index is 1.44. The Kier molecular flexibility index (Phi) is 9.28. The Morgan fingerprint density at radius 3 is 2.26 bits per heavy atom. The number of alkyl halides is 6. The molecule has 43 heavy (non-hydrogen) atoms. The number of aromatic nitrogens is 1. The number of aliphatic carboxylic acids is 1. The number of oxime groups is 1. The van der Waals surface area contributed by atoms with Crippen LogP contribution in [0, 0.1) is 0 Å². The van der Waals surface area contributed by atoms with Gasteiger partial charge in [-0.3, -0.25) is 14.5 Å². The smallest absolute Gasteiger partial charge is 0.416 e. The fourth-order valence-corrected chi connectivity index (χ4v) is 6.50. The van der Waals surface area contributed by atoms with Gasteiger partial charge in [-0.15, -0.1) is 22.7 Å². The molecule has 0 spiro atoms. The molecule has 0 saturated carbocycles. The van der Waals surface area contributed by atoms with Crippen molar-refractivity contribution in [3.63, 3.8) is 0 Å². The topological polar surface area (TPSA) is 132 Å². The van der Waals surface area contributed by atoms with Crippen LogP contribution in [0.15, 0.2) is 45.1 Å². The van der Waals surface area contributed by atoms with E-state index in [1.165, 1.54) is 22.9 Å². The van der Waals surface area contributed by atoms with Gasteiger partial charge in [0.15, 0.2) is 5.13 Å². The number of benzene rings is 1. The summed E-state index contributed by atoms with van der Waals surface area (Å²) in [5, 5.41) is 25.5. The van der Waals surface area contributed by atoms with Crippen molar-refractivity contribution in [3.8, 4) is 11.1 Å². The Morgan fingerprint density at radius 1 is 1.02 bits per heavy atom. The van der Waals surface area contributed by atoms with Crippen molar-refractivity contribution in [1.82, 2.24) is 9.88 Å². The van der Waals surface area contributed by atoms with Crippen LogP contribution < -0.4 is 5.32 Å². The lowest BCUT2D eigenvalue weighted by atomic mass is 10.0. The number of thiophene rings is 1. The maximum absolute atomic E-state index is 13.2. The molecule has 0 radical (unpaired) electrons. The standard InChI is InChI=1S/C24H14F6N4O5S4/c25-23(26,27)12-3-10(4-13(6-12)24(28,29)30)11-5-14(41-8-11)7-16-19(36)34(22(40)43-16)2-1-17(35)32-21-31-15(9-42-21)18(33-39)20(37)38/h3-9,39H,1-2H2,(H,37,38)(H,31,32,35)/b16-7-,33-18-. The molecule has 226 valence electrons. The molecule has 0 bridgehead atoms. The third-order valence-corrected chi connectivity index (χ3v) is 8.56. The highest BCUT2D eigenvalue weighted by Gasteiger charge is 2.37. The Labute approximate surface area is 254 Å². The first-order chi connectivity index (χ1) is 20.1. The molecule has 2 aromatic heterocycles. The van der Waals surface area contributed by atoms with Crippen LogP contribution in [0.3, 0.4) is 0 Å². The van der Waals surface area contributed by atoms with Crippen LogP contribution in [0.5, 0.6) is 0 Å². The van der Waals surface area contributed by atoms with Gasteiger partial charge in [-0.25, -0.2) is 9.78 Å². The molecule has 0 unspecified atom stereocenters. The van der Waals surface area contributed by atoms with Gasteiger partial charge in [0.05, 0.1) is 16.0 Å². The molecule has 3 aromatic rings. The number of rotatable bonds is 8. The van der Waals surface area contributed by atoms with Gasteiger partial charge in [0.2, 0.25) is 11.6 Å². The van der Waals surface area contributed by atoms with Crippen LogP contribution in [-0.4, -0.2) is 54.6 Å². The van der Waals surface area contributed by atoms with E-state index in [1.807, 2.05) is 0 Å². The highest BCUT2D eigenvalue weighted by molar-refractivity contribution is 8.26. The molecule has 1 aliphatic rings. The first kappa shape index (κ1) is 32.1. The summed E-state index contributed by atoms with van der Waals surface area (Å²) in [7, 11) is 0. The average molecular weight is 681 g/mol. The molecular formula is C24H14F6N4O5S4. The number of hydrogen-bond donors (Lipinski definition) is 3. The minimum absolute atomic E-state index is 0.0179. The van der Waals surface area contributed by atoms with Crippen LogP contribution >= 0.6 is 46.7 Å². The molecule has 1 saturated heterocycles. The van der Waals surface area contributed by atoms with Crippen molar-refractivity contribution in [2.24, 2.45) is 5.16 Å². The number of nitrogens with one attached hydrogen (secondary N) is 1. The first-order valence-electron chi connectivity index (χ1n) is 11.4. The van der Waals surface area contributed by atoms with Gasteiger partial charge in [-0.05, 0) is 46.8 Å². The largest absolute Gasteiger partial charge is 0.476 e. The summed E-state index contributed by atoms with van der Waals surface area (Å²) in [6.07, 6.45) is -8.83. The quantitative estimate of drug-likeness (QED) is 0.0622. The fraction of sp³-hybridized carbons (Fsp3) is 0.167. The van der Waals surface area contributed by atoms with Crippen LogP contribution in [0.2, 0.25) is 0 Å². The van der Waals surface area contributed by atoms with E-state index >= 15 is 0 Å². The summed E-state index contributed by atoms with van der Waals surface area (Å²) in [6, 6.07) is 2.62. The molecule has 0 atom stereocenters. The van der Waals surface area contributed by atoms with E-state index in [-0.39, 0.29) is 50.2 Å². The van der Waals surface area contributed by atoms with E-state index in [1.54, 1.807) is 0 Å². The van der Waals surface area contributed by atoms with Gasteiger partial charge < -0.3 is 15.6 Å². The van der Waals surface area contributed by atoms with Gasteiger partial charge in [-0.1, -0.05) is 29.1 Å². The van der Waals surface area contributed by atoms with Gasteiger partial charge in [-0.2, -0.15) is 26.3 Å². The summed E-state index contributed by atoms with van der Waals surface area (Å²) in [6.45, 7) is -0.134. The van der Waals surface area contributed by atoms with Crippen LogP contribution in [-0.2, 0) is 26.7 Å². The Hall–Kier alpha value is -3.81. The number of halogens is 6. The van der Waals surface area contributed by atoms with Crippen molar-refractivity contribution in [2.45, 2.75) is 18.8 Å². The predicted molar refractivity (Wildman–Crippen MR) is 151 cm³/mol. The minimum atomic E-state index is -5.00. The van der Waals surface area contributed by atoms with E-state index in [4.69, 9.17) is 22.5 Å². The van der Waals surface area contributed by atoms with Crippen LogP contribution in [0.1, 0.15) is 28.1 Å². The molecule has 2 amide bonds. The lowest BCUT2D eigenvalue weighted by Gasteiger charge is -2.13. The van der Waals surface area contributed by atoms with Gasteiger partial charge >= 0.3 is 18.3 Å². The number of carbonyl (C=O) groups is 3. The van der Waals surface area contributed by atoms with Crippen molar-refractivity contribution in [1.29, 1.82) is 0 Å². The molecule has 0 aliphatic carbocycles. The lowest BCUT2D eigenvalue weighted by Crippen LogP contribution is -2.31. The SMILES string of the molecule is O=C(CCN1C(=O)/C(=C/c2cc(-c3cc(C(F)(F)F)cc(C(F)(F)F)c3)cs2)SC1=S)Nc1nc(/C(=N/O)C(=O)O)cs1. The van der Waals surface area contributed by atoms with Gasteiger partial charge in [0.25, 0.3) is 5.91 Å². The molecule has 1 aromatic carbocycles. The number of amides is 2. The van der Waals surface area contributed by atoms with E-state index < -0.39 is 47.0 Å². The molecule has 1 fully saturated rings. The van der Waals surface area contributed by atoms with E-state index in [0.29, 0.717) is 17.0 Å². The third kappa shape index (κ3) is 7.59. The number of nitrogens with zero attached hydrogens (tertiary/aromatic N) is 3. The number of carboxylic acids is 1. The van der Waals surface area contributed by atoms with Gasteiger partial charge in [0, 0.05) is 23.2 Å². The summed E-state index contributed by atoms with van der Waals surface area (Å²) in [5.41, 5.74) is -4.01. The Morgan fingerprint density at radius 2 is 1.67 bits per heavy atom. The number of thioether (sulfide) groups is 1. The summed E-state index contributed by atoms with van der Waals surface area (Å²) in [4.78, 5) is 41.8. The lowest BCUT2D eigenvalue weighted by molar-refractivity contribution is -0.143. The molecule has 9 nitrogen and oxygen atoms in total. The number of carbonyl (C=O) groups excluding carboxylic acids is 2. The van der Waals surface area contributed by atoms with Crippen LogP contribution in [0.4, 0.5) is 31.5 Å². The number of carboxylic acid groups (broad SMARTS) is 1. The summed E-state index contributed by atoms with van der Waals surface area (Å²) in [5.74, 6) is -2.67. The van der Waals surface area contributed by atoms with E-state index in [9.17, 15) is 40.7 Å². The normalized spacial score (nSPS) is 15.4. The second-order valence-electron chi connectivity index (χ2n) is 8.46. The highest BCUT2D eigenvalue weighted by Crippen LogP contribution is 2.40. The maximum Gasteiger partial charge on any atom is 0.416 e. The van der Waals surface area contributed by atoms with Crippen molar-refractivity contribution in [3.05, 3.63) is 61.6 Å². The van der Waals surface area contributed by atoms with Crippen molar-refractivity contribution < 1.29 is 51.0 Å². The molecule has 3 heterocycles. The molecule has 3 N–H and O–H groups in total. The van der Waals surface area contributed by atoms with Gasteiger partial charge in [0.1, 0.15) is 10.0 Å². The third-order valence-electron chi connectivity index (χ3n) is 5.55. The zero-order chi connectivity index (χ0) is 31.7. The van der Waals surface area contributed by atoms with Crippen molar-refractivity contribution in [2.75, 3.05) is 11.9 Å². The summed E-state index contributed by atoms with van der Waals surface area (Å²) < 4.78 is 79.6. The second-order valence-corrected chi connectivity index (χ2v) is 11.9. The minimum Gasteiger partial charge on any atom is -0.476 e. The number of thiocarbonyl (C=S) groups is 1. The monoisotopic (exact) mass is 680 g/mol. The van der Waals surface area contributed by atoms with E-state index in [2.05, 4.69) is 15.5 Å². The number of anilines is 1. The highest BCUT2D eigenvalue weighted by atomic mass is 32.2. The van der Waals surface area contributed by atoms with E-state index in [0.717, 1.165) is 39.3 Å². The fourth-order valence-electron chi connectivity index (χ4n) is 3.56. The average Bonchev–Trinajstić information content (AvgIpc) is 3.62. The number of hydrogen-bond acceptors (Lipinski definition) is 10. The summed E-state index contributed by atoms with van der Waals surface area (Å²) >= 11 is 8.00. The maximum atomic E-state index is 13.2. The zero-order valence-electron chi connectivity index (χ0n) is 20.8. The Bertz CT molecular complexity index is 1650. The van der Waals surface area contributed by atoms with Crippen molar-refractivity contribution >= 4 is 85.7 Å². The molecular weight excluding hydrogens is 667 g/mol. The predicted octanol–water partition coefficient (Wildman–Crippen LogP) is 6.40. The first-order valence-corrected chi connectivity index (χ1v) is 14.4. The zero-order valence-corrected chi connectivity index (χ0v) is 24.1. The molecule has 4 rings (SSSR count). The number of thiazole rings is 1. The second kappa shape index (κ2) is 12.4.